The maximum absolute atomic E-state index is 3.54. The molecule has 17 heavy (non-hydrogen) atoms. The Kier molecular flexibility index (Phi) is 4.63. The summed E-state index contributed by atoms with van der Waals surface area (Å²) in [6.07, 6.45) is 7.05. The predicted octanol–water partition coefficient (Wildman–Crippen LogP) is 4.53. The molecule has 1 atom stereocenters. The van der Waals surface area contributed by atoms with E-state index in [0.717, 1.165) is 11.8 Å². The van der Waals surface area contributed by atoms with Crippen LogP contribution in [0.4, 0.5) is 0 Å². The van der Waals surface area contributed by atoms with Gasteiger partial charge in [0.2, 0.25) is 0 Å². The summed E-state index contributed by atoms with van der Waals surface area (Å²) >= 11 is 1.96. The smallest absolute Gasteiger partial charge is 0.0441 e. The van der Waals surface area contributed by atoms with Crippen LogP contribution in [0.25, 0.3) is 0 Å². The van der Waals surface area contributed by atoms with E-state index in [-0.39, 0.29) is 0 Å². The third kappa shape index (κ3) is 3.11. The lowest BCUT2D eigenvalue weighted by Gasteiger charge is -2.33. The first-order valence-electron chi connectivity index (χ1n) is 6.98. The average molecular weight is 251 g/mol. The number of rotatable bonds is 4. The third-order valence-electron chi connectivity index (χ3n) is 4.32. The molecule has 2 rings (SSSR count). The van der Waals surface area contributed by atoms with E-state index in [1.165, 1.54) is 41.9 Å². The monoisotopic (exact) mass is 251 g/mol. The largest absolute Gasteiger partial charge is 0.312 e. The lowest BCUT2D eigenvalue weighted by molar-refractivity contribution is 0.226. The summed E-state index contributed by atoms with van der Waals surface area (Å²) < 4.78 is 0. The summed E-state index contributed by atoms with van der Waals surface area (Å²) in [7, 11) is 2.12. The van der Waals surface area contributed by atoms with Crippen LogP contribution in [0.5, 0.6) is 0 Å². The Labute approximate surface area is 110 Å². The first kappa shape index (κ1) is 13.1. The molecule has 0 radical (unpaired) electrons. The maximum atomic E-state index is 3.54. The Morgan fingerprint density at radius 1 is 1.29 bits per heavy atom. The summed E-state index contributed by atoms with van der Waals surface area (Å²) in [4.78, 5) is 2.97. The number of aryl methyl sites for hydroxylation is 1. The molecule has 1 saturated carbocycles. The summed E-state index contributed by atoms with van der Waals surface area (Å²) in [6.45, 7) is 4.54. The molecule has 1 N–H and O–H groups in total. The highest BCUT2D eigenvalue weighted by Gasteiger charge is 2.27. The second-order valence-electron chi connectivity index (χ2n) is 5.40. The fourth-order valence-electron chi connectivity index (χ4n) is 3.16. The standard InChI is InChI=1S/C15H25NS/c1-4-12-6-8-13(9-7-12)15(16-3)14-10-5-11(2)17-14/h5,10,12-13,15-16H,4,6-9H2,1-3H3. The van der Waals surface area contributed by atoms with Crippen molar-refractivity contribution in [3.63, 3.8) is 0 Å². The van der Waals surface area contributed by atoms with Crippen molar-refractivity contribution in [3.05, 3.63) is 21.9 Å². The van der Waals surface area contributed by atoms with Crippen LogP contribution in [-0.2, 0) is 0 Å². The SMILES string of the molecule is CCC1CCC(C(NC)c2ccc(C)s2)CC1. The van der Waals surface area contributed by atoms with Gasteiger partial charge in [0.1, 0.15) is 0 Å². The molecule has 1 aromatic heterocycles. The van der Waals surface area contributed by atoms with Gasteiger partial charge in [-0.2, -0.15) is 0 Å². The zero-order valence-electron chi connectivity index (χ0n) is 11.3. The lowest BCUT2D eigenvalue weighted by Crippen LogP contribution is -2.28. The minimum Gasteiger partial charge on any atom is -0.312 e. The van der Waals surface area contributed by atoms with Crippen LogP contribution in [0.3, 0.4) is 0 Å². The number of hydrogen-bond acceptors (Lipinski definition) is 2. The molecule has 96 valence electrons. The van der Waals surface area contributed by atoms with Crippen molar-refractivity contribution in [2.24, 2.45) is 11.8 Å². The molecular weight excluding hydrogens is 226 g/mol. The molecule has 1 nitrogen and oxygen atoms in total. The van der Waals surface area contributed by atoms with E-state index < -0.39 is 0 Å². The molecule has 0 saturated heterocycles. The minimum absolute atomic E-state index is 0.589. The van der Waals surface area contributed by atoms with Crippen LogP contribution < -0.4 is 5.32 Å². The second kappa shape index (κ2) is 6.01. The van der Waals surface area contributed by atoms with E-state index in [9.17, 15) is 0 Å². The van der Waals surface area contributed by atoms with Gasteiger partial charge in [-0.15, -0.1) is 11.3 Å². The van der Waals surface area contributed by atoms with Crippen LogP contribution in [0.1, 0.15) is 54.8 Å². The molecule has 1 aromatic rings. The van der Waals surface area contributed by atoms with Crippen molar-refractivity contribution in [3.8, 4) is 0 Å². The highest BCUT2D eigenvalue weighted by atomic mass is 32.1. The Morgan fingerprint density at radius 2 is 2.00 bits per heavy atom. The molecule has 0 aliphatic heterocycles. The average Bonchev–Trinajstić information content (AvgIpc) is 2.78. The van der Waals surface area contributed by atoms with Gasteiger partial charge in [-0.3, -0.25) is 0 Å². The number of hydrogen-bond donors (Lipinski definition) is 1. The molecule has 1 fully saturated rings. The summed E-state index contributed by atoms with van der Waals surface area (Å²) in [5.41, 5.74) is 0. The van der Waals surface area contributed by atoms with Crippen molar-refractivity contribution in [2.75, 3.05) is 7.05 Å². The van der Waals surface area contributed by atoms with Gasteiger partial charge >= 0.3 is 0 Å². The quantitative estimate of drug-likeness (QED) is 0.829. The van der Waals surface area contributed by atoms with Crippen LogP contribution in [0.15, 0.2) is 12.1 Å². The summed E-state index contributed by atoms with van der Waals surface area (Å²) in [6, 6.07) is 5.15. The number of thiophene rings is 1. The van der Waals surface area contributed by atoms with Gasteiger partial charge in [0.05, 0.1) is 0 Å². The highest BCUT2D eigenvalue weighted by Crippen LogP contribution is 2.39. The lowest BCUT2D eigenvalue weighted by atomic mass is 9.77. The van der Waals surface area contributed by atoms with Crippen LogP contribution in [0.2, 0.25) is 0 Å². The van der Waals surface area contributed by atoms with E-state index >= 15 is 0 Å². The minimum atomic E-state index is 0.589. The van der Waals surface area contributed by atoms with E-state index in [2.05, 4.69) is 38.3 Å². The van der Waals surface area contributed by atoms with Crippen LogP contribution in [-0.4, -0.2) is 7.05 Å². The molecular formula is C15H25NS. The number of nitrogens with one attached hydrogen (secondary N) is 1. The molecule has 1 aliphatic carbocycles. The Bertz CT molecular complexity index is 336. The topological polar surface area (TPSA) is 12.0 Å². The molecule has 0 bridgehead atoms. The molecule has 1 aliphatic rings. The van der Waals surface area contributed by atoms with Crippen LogP contribution in [0, 0.1) is 18.8 Å². The van der Waals surface area contributed by atoms with Crippen molar-refractivity contribution >= 4 is 11.3 Å². The van der Waals surface area contributed by atoms with Gasteiger partial charge < -0.3 is 5.32 Å². The molecule has 0 spiro atoms. The Hall–Kier alpha value is -0.340. The zero-order chi connectivity index (χ0) is 12.3. The van der Waals surface area contributed by atoms with E-state index in [4.69, 9.17) is 0 Å². The Morgan fingerprint density at radius 3 is 2.47 bits per heavy atom. The zero-order valence-corrected chi connectivity index (χ0v) is 12.1. The highest BCUT2D eigenvalue weighted by molar-refractivity contribution is 7.12. The summed E-state index contributed by atoms with van der Waals surface area (Å²) in [5, 5.41) is 3.54. The van der Waals surface area contributed by atoms with E-state index in [0.29, 0.717) is 6.04 Å². The van der Waals surface area contributed by atoms with Gasteiger partial charge in [0, 0.05) is 15.8 Å². The molecule has 0 amide bonds. The normalized spacial score (nSPS) is 27.0. The van der Waals surface area contributed by atoms with E-state index in [1.54, 1.807) is 0 Å². The molecule has 1 unspecified atom stereocenters. The fourth-order valence-corrected chi connectivity index (χ4v) is 4.24. The second-order valence-corrected chi connectivity index (χ2v) is 6.72. The van der Waals surface area contributed by atoms with Crippen molar-refractivity contribution in [2.45, 2.75) is 52.0 Å². The fraction of sp³-hybridized carbons (Fsp3) is 0.733. The van der Waals surface area contributed by atoms with Gasteiger partial charge in [-0.25, -0.2) is 0 Å². The maximum Gasteiger partial charge on any atom is 0.0441 e. The van der Waals surface area contributed by atoms with Gasteiger partial charge in [-0.05, 0) is 50.8 Å². The van der Waals surface area contributed by atoms with Crippen molar-refractivity contribution < 1.29 is 0 Å². The van der Waals surface area contributed by atoms with Gasteiger partial charge in [0.25, 0.3) is 0 Å². The molecule has 0 aromatic carbocycles. The van der Waals surface area contributed by atoms with Crippen molar-refractivity contribution in [1.82, 2.24) is 5.32 Å². The van der Waals surface area contributed by atoms with Crippen LogP contribution >= 0.6 is 11.3 Å². The molecule has 1 heterocycles. The van der Waals surface area contributed by atoms with Gasteiger partial charge in [-0.1, -0.05) is 26.2 Å². The molecule has 2 heteroatoms. The first-order valence-corrected chi connectivity index (χ1v) is 7.79. The Balaban J connectivity index is 2.00. The van der Waals surface area contributed by atoms with Crippen molar-refractivity contribution in [1.29, 1.82) is 0 Å². The third-order valence-corrected chi connectivity index (χ3v) is 5.40. The van der Waals surface area contributed by atoms with E-state index in [1.807, 2.05) is 11.3 Å². The van der Waals surface area contributed by atoms with Gasteiger partial charge in [0.15, 0.2) is 0 Å². The first-order chi connectivity index (χ1) is 8.24. The summed E-state index contributed by atoms with van der Waals surface area (Å²) in [5.74, 6) is 1.84. The predicted molar refractivity (Wildman–Crippen MR) is 76.6 cm³/mol.